The molecule has 2 rings (SSSR count). The molecule has 5 nitrogen and oxygen atoms in total. The molecule has 2 N–H and O–H groups in total. The number of aryl methyl sites for hydroxylation is 2. The van der Waals surface area contributed by atoms with Crippen molar-refractivity contribution in [2.24, 2.45) is 11.7 Å². The van der Waals surface area contributed by atoms with Gasteiger partial charge in [-0.1, -0.05) is 19.0 Å². The first-order valence-electron chi connectivity index (χ1n) is 5.65. The van der Waals surface area contributed by atoms with Gasteiger partial charge in [-0.25, -0.2) is 0 Å². The molecule has 0 fully saturated rings. The molecular formula is C12H17N3O2. The predicted molar refractivity (Wildman–Crippen MR) is 63.2 cm³/mol. The number of hydrogen-bond donors (Lipinski definition) is 1. The van der Waals surface area contributed by atoms with Crippen LogP contribution >= 0.6 is 0 Å². The van der Waals surface area contributed by atoms with Gasteiger partial charge in [-0.3, -0.25) is 0 Å². The minimum Gasteiger partial charge on any atom is -0.466 e. The van der Waals surface area contributed by atoms with E-state index < -0.39 is 0 Å². The Morgan fingerprint density at radius 2 is 2.00 bits per heavy atom. The van der Waals surface area contributed by atoms with E-state index >= 15 is 0 Å². The highest BCUT2D eigenvalue weighted by Gasteiger charge is 2.20. The monoisotopic (exact) mass is 235 g/mol. The minimum atomic E-state index is -0.208. The average Bonchev–Trinajstić information content (AvgIpc) is 2.83. The van der Waals surface area contributed by atoms with Crippen LogP contribution in [0.15, 0.2) is 15.0 Å². The summed E-state index contributed by atoms with van der Waals surface area (Å²) >= 11 is 0. The Labute approximate surface area is 100.0 Å². The Hall–Kier alpha value is -1.62. The zero-order valence-corrected chi connectivity index (χ0v) is 10.5. The van der Waals surface area contributed by atoms with E-state index in [-0.39, 0.29) is 12.0 Å². The van der Waals surface area contributed by atoms with Crippen molar-refractivity contribution in [3.8, 4) is 11.5 Å². The molecule has 0 aliphatic carbocycles. The molecule has 2 aromatic rings. The first kappa shape index (κ1) is 11.9. The van der Waals surface area contributed by atoms with Crippen LogP contribution < -0.4 is 5.73 Å². The third-order valence-corrected chi connectivity index (χ3v) is 2.73. The largest absolute Gasteiger partial charge is 0.466 e. The lowest BCUT2D eigenvalue weighted by Gasteiger charge is -2.09. The molecule has 0 saturated heterocycles. The summed E-state index contributed by atoms with van der Waals surface area (Å²) in [4.78, 5) is 4.31. The molecule has 5 heteroatoms. The molecule has 92 valence electrons. The second-order valence-corrected chi connectivity index (χ2v) is 4.55. The maximum atomic E-state index is 5.96. The molecule has 0 saturated carbocycles. The van der Waals surface area contributed by atoms with Crippen molar-refractivity contribution in [3.05, 3.63) is 23.4 Å². The lowest BCUT2D eigenvalue weighted by molar-refractivity contribution is 0.399. The second kappa shape index (κ2) is 4.33. The van der Waals surface area contributed by atoms with E-state index in [9.17, 15) is 0 Å². The number of rotatable bonds is 3. The summed E-state index contributed by atoms with van der Waals surface area (Å²) in [5, 5.41) is 3.91. The van der Waals surface area contributed by atoms with Gasteiger partial charge in [0.05, 0.1) is 11.6 Å². The van der Waals surface area contributed by atoms with E-state index in [2.05, 4.69) is 10.1 Å². The molecule has 1 unspecified atom stereocenters. The van der Waals surface area contributed by atoms with Crippen molar-refractivity contribution in [2.75, 3.05) is 0 Å². The van der Waals surface area contributed by atoms with E-state index in [4.69, 9.17) is 14.7 Å². The molecule has 0 aromatic carbocycles. The van der Waals surface area contributed by atoms with Crippen LogP contribution in [-0.2, 0) is 0 Å². The summed E-state index contributed by atoms with van der Waals surface area (Å²) < 4.78 is 10.6. The van der Waals surface area contributed by atoms with Crippen LogP contribution in [0.4, 0.5) is 0 Å². The fourth-order valence-electron chi connectivity index (χ4n) is 1.62. The van der Waals surface area contributed by atoms with Crippen LogP contribution in [0.5, 0.6) is 0 Å². The summed E-state index contributed by atoms with van der Waals surface area (Å²) in [6, 6.07) is 1.67. The van der Waals surface area contributed by atoms with Crippen LogP contribution in [-0.4, -0.2) is 10.1 Å². The zero-order chi connectivity index (χ0) is 12.6. The van der Waals surface area contributed by atoms with Gasteiger partial charge < -0.3 is 14.7 Å². The summed E-state index contributed by atoms with van der Waals surface area (Å²) in [5.74, 6) is 2.87. The van der Waals surface area contributed by atoms with Crippen LogP contribution in [0.1, 0.15) is 37.2 Å². The van der Waals surface area contributed by atoms with Gasteiger partial charge >= 0.3 is 0 Å². The Morgan fingerprint density at radius 1 is 1.29 bits per heavy atom. The third-order valence-electron chi connectivity index (χ3n) is 2.73. The number of nitrogens with zero attached hydrogens (tertiary/aromatic N) is 2. The van der Waals surface area contributed by atoms with Crippen molar-refractivity contribution in [2.45, 2.75) is 33.7 Å². The molecule has 17 heavy (non-hydrogen) atoms. The Morgan fingerprint density at radius 3 is 2.53 bits per heavy atom. The van der Waals surface area contributed by atoms with Gasteiger partial charge in [0.15, 0.2) is 5.82 Å². The normalized spacial score (nSPS) is 13.3. The summed E-state index contributed by atoms with van der Waals surface area (Å²) in [5.41, 5.74) is 6.79. The topological polar surface area (TPSA) is 78.1 Å². The number of furan rings is 1. The Balaban J connectivity index is 2.33. The van der Waals surface area contributed by atoms with E-state index in [1.165, 1.54) is 0 Å². The molecule has 2 aromatic heterocycles. The molecular weight excluding hydrogens is 218 g/mol. The maximum Gasteiger partial charge on any atom is 0.261 e. The predicted octanol–water partition coefficient (Wildman–Crippen LogP) is 2.60. The minimum absolute atomic E-state index is 0.208. The molecule has 0 radical (unpaired) electrons. The van der Waals surface area contributed by atoms with Gasteiger partial charge in [0.1, 0.15) is 11.5 Å². The number of nitrogens with two attached hydrogens (primary N) is 1. The Kier molecular flexibility index (Phi) is 3.02. The lowest BCUT2D eigenvalue weighted by atomic mass is 10.1. The quantitative estimate of drug-likeness (QED) is 0.884. The molecule has 1 atom stereocenters. The van der Waals surface area contributed by atoms with Gasteiger partial charge in [0.25, 0.3) is 5.89 Å². The van der Waals surface area contributed by atoms with Crippen LogP contribution in [0.3, 0.4) is 0 Å². The zero-order valence-electron chi connectivity index (χ0n) is 10.5. The van der Waals surface area contributed by atoms with Crippen molar-refractivity contribution < 1.29 is 8.94 Å². The van der Waals surface area contributed by atoms with Gasteiger partial charge in [-0.05, 0) is 25.8 Å². The van der Waals surface area contributed by atoms with Crippen LogP contribution in [0.2, 0.25) is 0 Å². The standard InChI is InChI=1S/C12H17N3O2/c1-6(2)10(13)11-14-12(17-15-11)9-5-7(3)16-8(9)4/h5-6,10H,13H2,1-4H3. The highest BCUT2D eigenvalue weighted by molar-refractivity contribution is 5.56. The summed E-state index contributed by atoms with van der Waals surface area (Å²) in [6.45, 7) is 7.80. The SMILES string of the molecule is Cc1cc(-c2nc(C(N)C(C)C)no2)c(C)o1. The highest BCUT2D eigenvalue weighted by Crippen LogP contribution is 2.26. The van der Waals surface area contributed by atoms with E-state index in [0.29, 0.717) is 11.7 Å². The van der Waals surface area contributed by atoms with E-state index in [1.54, 1.807) is 0 Å². The molecule has 0 aliphatic heterocycles. The number of hydrogen-bond acceptors (Lipinski definition) is 5. The molecule has 0 bridgehead atoms. The van der Waals surface area contributed by atoms with E-state index in [0.717, 1.165) is 17.1 Å². The first-order valence-corrected chi connectivity index (χ1v) is 5.65. The molecule has 0 amide bonds. The smallest absolute Gasteiger partial charge is 0.261 e. The lowest BCUT2D eigenvalue weighted by Crippen LogP contribution is -2.18. The van der Waals surface area contributed by atoms with Gasteiger partial charge in [0, 0.05) is 0 Å². The van der Waals surface area contributed by atoms with Crippen molar-refractivity contribution >= 4 is 0 Å². The van der Waals surface area contributed by atoms with Gasteiger partial charge in [0.2, 0.25) is 0 Å². The first-order chi connectivity index (χ1) is 7.99. The molecule has 0 aliphatic rings. The summed E-state index contributed by atoms with van der Waals surface area (Å²) in [6.07, 6.45) is 0. The molecule has 2 heterocycles. The van der Waals surface area contributed by atoms with Gasteiger partial charge in [-0.2, -0.15) is 4.98 Å². The second-order valence-electron chi connectivity index (χ2n) is 4.55. The fourth-order valence-corrected chi connectivity index (χ4v) is 1.62. The van der Waals surface area contributed by atoms with Crippen molar-refractivity contribution in [1.29, 1.82) is 0 Å². The average molecular weight is 235 g/mol. The van der Waals surface area contributed by atoms with Gasteiger partial charge in [-0.15, -0.1) is 0 Å². The third kappa shape index (κ3) is 2.24. The van der Waals surface area contributed by atoms with Crippen LogP contribution in [0.25, 0.3) is 11.5 Å². The van der Waals surface area contributed by atoms with Crippen molar-refractivity contribution in [3.63, 3.8) is 0 Å². The Bertz CT molecular complexity index is 514. The maximum absolute atomic E-state index is 5.96. The van der Waals surface area contributed by atoms with Crippen LogP contribution in [0, 0.1) is 19.8 Å². The molecule has 0 spiro atoms. The highest BCUT2D eigenvalue weighted by atomic mass is 16.5. The van der Waals surface area contributed by atoms with E-state index in [1.807, 2.05) is 33.8 Å². The fraction of sp³-hybridized carbons (Fsp3) is 0.500. The van der Waals surface area contributed by atoms with Crippen molar-refractivity contribution in [1.82, 2.24) is 10.1 Å². The number of aromatic nitrogens is 2. The summed E-state index contributed by atoms with van der Waals surface area (Å²) in [7, 11) is 0.